The maximum Gasteiger partial charge on any atom is 0.310 e. The van der Waals surface area contributed by atoms with Crippen LogP contribution < -0.4 is 4.90 Å². The third-order valence-electron chi connectivity index (χ3n) is 6.80. The molecule has 6 nitrogen and oxygen atoms in total. The number of ether oxygens (including phenoxy) is 1. The topological polar surface area (TPSA) is 58.6 Å². The molecule has 5 rings (SSSR count). The highest BCUT2D eigenvalue weighted by Crippen LogP contribution is 2.40. The molecule has 2 aromatic heterocycles. The van der Waals surface area contributed by atoms with Crippen molar-refractivity contribution in [2.75, 3.05) is 37.7 Å². The molecule has 0 spiro atoms. The Labute approximate surface area is 199 Å². The number of piperidine rings is 1. The number of hydrogen-bond acceptors (Lipinski definition) is 7. The number of aromatic nitrogens is 2. The van der Waals surface area contributed by atoms with Gasteiger partial charge in [-0.25, -0.2) is 9.97 Å². The van der Waals surface area contributed by atoms with Crippen LogP contribution in [0.1, 0.15) is 48.5 Å². The smallest absolute Gasteiger partial charge is 0.310 e. The molecule has 2 aliphatic heterocycles. The van der Waals surface area contributed by atoms with Crippen molar-refractivity contribution >= 4 is 33.3 Å². The first-order chi connectivity index (χ1) is 16.2. The van der Waals surface area contributed by atoms with E-state index in [1.165, 1.54) is 21.4 Å². The van der Waals surface area contributed by atoms with E-state index in [1.807, 2.05) is 24.3 Å². The van der Waals surface area contributed by atoms with E-state index in [0.717, 1.165) is 61.9 Å². The van der Waals surface area contributed by atoms with Crippen LogP contribution in [0, 0.1) is 5.92 Å². The van der Waals surface area contributed by atoms with E-state index in [2.05, 4.69) is 41.0 Å². The van der Waals surface area contributed by atoms with Gasteiger partial charge in [0.15, 0.2) is 0 Å². The van der Waals surface area contributed by atoms with Gasteiger partial charge in [0.2, 0.25) is 0 Å². The van der Waals surface area contributed by atoms with Crippen molar-refractivity contribution in [2.24, 2.45) is 5.92 Å². The molecular formula is C26H32N4O2S. The summed E-state index contributed by atoms with van der Waals surface area (Å²) in [7, 11) is 0. The number of anilines is 1. The second-order valence-electron chi connectivity index (χ2n) is 8.97. The Morgan fingerprint density at radius 2 is 2.03 bits per heavy atom. The van der Waals surface area contributed by atoms with Gasteiger partial charge in [-0.3, -0.25) is 9.69 Å². The molecule has 3 aromatic rings. The average Bonchev–Trinajstić information content (AvgIpc) is 3.22. The summed E-state index contributed by atoms with van der Waals surface area (Å²) in [5.41, 5.74) is 2.63. The summed E-state index contributed by atoms with van der Waals surface area (Å²) in [4.78, 5) is 30.0. The number of fused-ring (bicyclic) bond motifs is 3. The maximum absolute atomic E-state index is 12.5. The predicted molar refractivity (Wildman–Crippen MR) is 133 cm³/mol. The SMILES string of the molecule is CCOC(=O)C1CCCN(c2nc(Cc3ccccc3)nc3sc4c(c23)CCN(CC)C4)C1. The van der Waals surface area contributed by atoms with Gasteiger partial charge in [-0.05, 0) is 43.9 Å². The number of benzene rings is 1. The monoisotopic (exact) mass is 464 g/mol. The van der Waals surface area contributed by atoms with Crippen LogP contribution in [-0.4, -0.2) is 53.6 Å². The second-order valence-corrected chi connectivity index (χ2v) is 10.0. The van der Waals surface area contributed by atoms with Gasteiger partial charge in [0.25, 0.3) is 0 Å². The zero-order chi connectivity index (χ0) is 22.8. The largest absolute Gasteiger partial charge is 0.466 e. The van der Waals surface area contributed by atoms with Crippen LogP contribution >= 0.6 is 11.3 Å². The molecule has 174 valence electrons. The predicted octanol–water partition coefficient (Wildman–Crippen LogP) is 4.44. The van der Waals surface area contributed by atoms with Crippen molar-refractivity contribution in [1.29, 1.82) is 0 Å². The Morgan fingerprint density at radius 3 is 2.82 bits per heavy atom. The van der Waals surface area contributed by atoms with Gasteiger partial charge in [0, 0.05) is 37.5 Å². The number of thiophene rings is 1. The first-order valence-corrected chi connectivity index (χ1v) is 13.0. The molecule has 1 atom stereocenters. The van der Waals surface area contributed by atoms with Crippen LogP contribution in [0.25, 0.3) is 10.2 Å². The maximum atomic E-state index is 12.5. The fourth-order valence-electron chi connectivity index (χ4n) is 5.05. The van der Waals surface area contributed by atoms with Crippen molar-refractivity contribution in [3.63, 3.8) is 0 Å². The highest BCUT2D eigenvalue weighted by molar-refractivity contribution is 7.19. The Balaban J connectivity index is 1.56. The van der Waals surface area contributed by atoms with Crippen LogP contribution in [-0.2, 0) is 28.9 Å². The van der Waals surface area contributed by atoms with Crippen molar-refractivity contribution in [3.05, 3.63) is 52.2 Å². The lowest BCUT2D eigenvalue weighted by Gasteiger charge is -2.33. The number of carbonyl (C=O) groups is 1. The second kappa shape index (κ2) is 9.77. The van der Waals surface area contributed by atoms with Gasteiger partial charge in [-0.1, -0.05) is 37.3 Å². The van der Waals surface area contributed by atoms with Crippen molar-refractivity contribution in [1.82, 2.24) is 14.9 Å². The summed E-state index contributed by atoms with van der Waals surface area (Å²) in [5.74, 6) is 1.70. The molecule has 1 fully saturated rings. The number of esters is 1. The van der Waals surface area contributed by atoms with E-state index in [1.54, 1.807) is 0 Å². The molecule has 2 aliphatic rings. The fourth-order valence-corrected chi connectivity index (χ4v) is 6.33. The molecule has 1 aromatic carbocycles. The summed E-state index contributed by atoms with van der Waals surface area (Å²) in [6.45, 7) is 9.25. The molecule has 0 saturated carbocycles. The molecule has 33 heavy (non-hydrogen) atoms. The number of likely N-dealkylation sites (N-methyl/N-ethyl adjacent to an activating group) is 1. The number of carbonyl (C=O) groups excluding carboxylic acids is 1. The molecule has 0 bridgehead atoms. The Kier molecular flexibility index (Phi) is 6.60. The minimum atomic E-state index is -0.0914. The highest BCUT2D eigenvalue weighted by Gasteiger charge is 2.31. The molecule has 0 N–H and O–H groups in total. The number of rotatable bonds is 6. The fraction of sp³-hybridized carbons (Fsp3) is 0.500. The molecule has 1 unspecified atom stereocenters. The summed E-state index contributed by atoms with van der Waals surface area (Å²) in [6, 6.07) is 10.4. The Hall–Kier alpha value is -2.51. The van der Waals surface area contributed by atoms with Gasteiger partial charge < -0.3 is 9.64 Å². The minimum absolute atomic E-state index is 0.0806. The third-order valence-corrected chi connectivity index (χ3v) is 7.91. The summed E-state index contributed by atoms with van der Waals surface area (Å²) in [6.07, 6.45) is 3.60. The van der Waals surface area contributed by atoms with E-state index >= 15 is 0 Å². The first-order valence-electron chi connectivity index (χ1n) is 12.1. The van der Waals surface area contributed by atoms with E-state index < -0.39 is 0 Å². The lowest BCUT2D eigenvalue weighted by Crippen LogP contribution is -2.40. The minimum Gasteiger partial charge on any atom is -0.466 e. The Morgan fingerprint density at radius 1 is 1.18 bits per heavy atom. The van der Waals surface area contributed by atoms with Gasteiger partial charge in [-0.2, -0.15) is 0 Å². The standard InChI is InChI=1S/C26H32N4O2S/c1-3-29-14-12-20-21(17-29)33-25-23(20)24(27-22(28-25)15-18-9-6-5-7-10-18)30-13-8-11-19(16-30)26(31)32-4-2/h5-7,9-10,19H,3-4,8,11-17H2,1-2H3. The van der Waals surface area contributed by atoms with Crippen LogP contribution in [0.5, 0.6) is 0 Å². The first kappa shape index (κ1) is 22.3. The van der Waals surface area contributed by atoms with E-state index in [-0.39, 0.29) is 11.9 Å². The van der Waals surface area contributed by atoms with Crippen molar-refractivity contribution < 1.29 is 9.53 Å². The lowest BCUT2D eigenvalue weighted by molar-refractivity contribution is -0.148. The van der Waals surface area contributed by atoms with Crippen molar-refractivity contribution in [2.45, 2.75) is 46.1 Å². The molecule has 0 radical (unpaired) electrons. The number of hydrogen-bond donors (Lipinski definition) is 0. The third kappa shape index (κ3) is 4.62. The molecule has 4 heterocycles. The summed E-state index contributed by atoms with van der Waals surface area (Å²) >= 11 is 1.83. The van der Waals surface area contributed by atoms with Gasteiger partial charge in [-0.15, -0.1) is 11.3 Å². The van der Waals surface area contributed by atoms with Crippen molar-refractivity contribution in [3.8, 4) is 0 Å². The van der Waals surface area contributed by atoms with Gasteiger partial charge in [0.05, 0.1) is 17.9 Å². The average molecular weight is 465 g/mol. The summed E-state index contributed by atoms with van der Waals surface area (Å²) in [5, 5.41) is 1.21. The normalized spacial score (nSPS) is 19.0. The van der Waals surface area contributed by atoms with E-state index in [9.17, 15) is 4.79 Å². The van der Waals surface area contributed by atoms with Crippen LogP contribution in [0.2, 0.25) is 0 Å². The highest BCUT2D eigenvalue weighted by atomic mass is 32.1. The van der Waals surface area contributed by atoms with Gasteiger partial charge in [0.1, 0.15) is 16.5 Å². The molecule has 1 saturated heterocycles. The van der Waals surface area contributed by atoms with E-state index in [4.69, 9.17) is 14.7 Å². The molecule has 0 aliphatic carbocycles. The quantitative estimate of drug-likeness (QED) is 0.503. The lowest BCUT2D eigenvalue weighted by atomic mass is 9.97. The van der Waals surface area contributed by atoms with Gasteiger partial charge >= 0.3 is 5.97 Å². The van der Waals surface area contributed by atoms with Crippen LogP contribution in [0.15, 0.2) is 30.3 Å². The van der Waals surface area contributed by atoms with E-state index in [0.29, 0.717) is 19.6 Å². The molecule has 7 heteroatoms. The van der Waals surface area contributed by atoms with Crippen LogP contribution in [0.3, 0.4) is 0 Å². The number of nitrogens with zero attached hydrogens (tertiary/aromatic N) is 4. The molecule has 0 amide bonds. The van der Waals surface area contributed by atoms with Crippen LogP contribution in [0.4, 0.5) is 5.82 Å². The Bertz CT molecular complexity index is 1130. The zero-order valence-electron chi connectivity index (χ0n) is 19.5. The zero-order valence-corrected chi connectivity index (χ0v) is 20.4. The summed E-state index contributed by atoms with van der Waals surface area (Å²) < 4.78 is 5.35. The molecular weight excluding hydrogens is 432 g/mol.